The van der Waals surface area contributed by atoms with Gasteiger partial charge in [-0.1, -0.05) is 24.6 Å². The van der Waals surface area contributed by atoms with Crippen LogP contribution in [-0.4, -0.2) is 30.6 Å². The number of likely N-dealkylation sites (tertiary alicyclic amines) is 1. The topological polar surface area (TPSA) is 28.4 Å². The largest absolute Gasteiger partial charge is 0.460 e. The van der Waals surface area contributed by atoms with Crippen LogP contribution in [0.4, 0.5) is 0 Å². The normalized spacial score (nSPS) is 20.1. The van der Waals surface area contributed by atoms with Gasteiger partial charge >= 0.3 is 0 Å². The van der Waals surface area contributed by atoms with E-state index in [1.165, 1.54) is 44.2 Å². The van der Waals surface area contributed by atoms with Crippen LogP contribution in [0, 0.1) is 0 Å². The highest BCUT2D eigenvalue weighted by atomic mass is 16.3. The van der Waals surface area contributed by atoms with Gasteiger partial charge in [0.1, 0.15) is 11.3 Å². The molecule has 2 aromatic rings. The maximum absolute atomic E-state index is 5.81. The van der Waals surface area contributed by atoms with Crippen molar-refractivity contribution in [3.63, 3.8) is 0 Å². The van der Waals surface area contributed by atoms with Crippen LogP contribution in [0.2, 0.25) is 0 Å². The van der Waals surface area contributed by atoms with Crippen LogP contribution in [0.25, 0.3) is 11.0 Å². The average molecular weight is 286 g/mol. The lowest BCUT2D eigenvalue weighted by Crippen LogP contribution is -2.38. The predicted octanol–water partition coefficient (Wildman–Crippen LogP) is 3.79. The van der Waals surface area contributed by atoms with Gasteiger partial charge in [-0.05, 0) is 58.0 Å². The monoisotopic (exact) mass is 286 g/mol. The molecule has 1 atom stereocenters. The molecule has 1 aromatic carbocycles. The summed E-state index contributed by atoms with van der Waals surface area (Å²) in [5, 5.41) is 4.69. The smallest absolute Gasteiger partial charge is 0.134 e. The molecule has 3 heteroatoms. The molecule has 1 fully saturated rings. The third-order valence-electron chi connectivity index (χ3n) is 4.52. The van der Waals surface area contributed by atoms with Gasteiger partial charge in [0.25, 0.3) is 0 Å². The molecule has 0 radical (unpaired) electrons. The van der Waals surface area contributed by atoms with E-state index in [4.69, 9.17) is 4.42 Å². The van der Waals surface area contributed by atoms with E-state index in [2.05, 4.69) is 35.3 Å². The molecule has 0 amide bonds. The third kappa shape index (κ3) is 3.86. The Morgan fingerprint density at radius 1 is 1.29 bits per heavy atom. The number of hydrogen-bond donors (Lipinski definition) is 1. The number of para-hydroxylation sites is 1. The van der Waals surface area contributed by atoms with E-state index < -0.39 is 0 Å². The van der Waals surface area contributed by atoms with Crippen LogP contribution in [0.5, 0.6) is 0 Å². The van der Waals surface area contributed by atoms with Gasteiger partial charge < -0.3 is 14.6 Å². The Balaban J connectivity index is 1.38. The molecule has 1 aromatic heterocycles. The molecule has 1 unspecified atom stereocenters. The quantitative estimate of drug-likeness (QED) is 0.819. The zero-order chi connectivity index (χ0) is 14.5. The van der Waals surface area contributed by atoms with Gasteiger partial charge in [-0.15, -0.1) is 0 Å². The summed E-state index contributed by atoms with van der Waals surface area (Å²) in [4.78, 5) is 2.63. The maximum atomic E-state index is 5.81. The standard InChI is InChI=1S/C18H26N2O/c1-15-7-4-5-11-20(15)12-6-10-19-14-17-13-16-8-2-3-9-18(16)21-17/h2-3,8-9,13,15,19H,4-7,10-12,14H2,1H3. The number of rotatable bonds is 6. The van der Waals surface area contributed by atoms with E-state index in [1.807, 2.05) is 12.1 Å². The zero-order valence-corrected chi connectivity index (χ0v) is 13.0. The number of benzene rings is 1. The van der Waals surface area contributed by atoms with Crippen LogP contribution in [-0.2, 0) is 6.54 Å². The first-order valence-corrected chi connectivity index (χ1v) is 8.25. The molecular formula is C18H26N2O. The first kappa shape index (κ1) is 14.6. The Kier molecular flexibility index (Phi) is 4.94. The Morgan fingerprint density at radius 2 is 2.19 bits per heavy atom. The highest BCUT2D eigenvalue weighted by Crippen LogP contribution is 2.18. The summed E-state index contributed by atoms with van der Waals surface area (Å²) >= 11 is 0. The molecule has 0 saturated carbocycles. The van der Waals surface area contributed by atoms with Gasteiger partial charge in [-0.2, -0.15) is 0 Å². The SMILES string of the molecule is CC1CCCCN1CCCNCc1cc2ccccc2o1. The van der Waals surface area contributed by atoms with Crippen molar-refractivity contribution in [1.29, 1.82) is 0 Å². The second-order valence-corrected chi connectivity index (χ2v) is 6.16. The fraction of sp³-hybridized carbons (Fsp3) is 0.556. The first-order chi connectivity index (χ1) is 10.3. The minimum Gasteiger partial charge on any atom is -0.460 e. The fourth-order valence-corrected chi connectivity index (χ4v) is 3.23. The molecular weight excluding hydrogens is 260 g/mol. The number of furan rings is 1. The number of nitrogens with zero attached hydrogens (tertiary/aromatic N) is 1. The summed E-state index contributed by atoms with van der Waals surface area (Å²) in [6, 6.07) is 11.1. The van der Waals surface area contributed by atoms with Crippen LogP contribution >= 0.6 is 0 Å². The van der Waals surface area contributed by atoms with Crippen LogP contribution in [0.15, 0.2) is 34.7 Å². The van der Waals surface area contributed by atoms with Crippen LogP contribution < -0.4 is 5.32 Å². The number of hydrogen-bond acceptors (Lipinski definition) is 3. The van der Waals surface area contributed by atoms with Gasteiger partial charge in [0.05, 0.1) is 6.54 Å². The maximum Gasteiger partial charge on any atom is 0.134 e. The molecule has 1 N–H and O–H groups in total. The Labute approximate surface area is 127 Å². The lowest BCUT2D eigenvalue weighted by Gasteiger charge is -2.33. The van der Waals surface area contributed by atoms with Crippen molar-refractivity contribution in [3.05, 3.63) is 36.1 Å². The number of nitrogens with one attached hydrogen (secondary N) is 1. The van der Waals surface area contributed by atoms with Gasteiger partial charge in [-0.25, -0.2) is 0 Å². The van der Waals surface area contributed by atoms with Crippen molar-refractivity contribution in [1.82, 2.24) is 10.2 Å². The molecule has 3 rings (SSSR count). The van der Waals surface area contributed by atoms with Crippen molar-refractivity contribution >= 4 is 11.0 Å². The van der Waals surface area contributed by atoms with Crippen LogP contribution in [0.1, 0.15) is 38.4 Å². The van der Waals surface area contributed by atoms with E-state index in [9.17, 15) is 0 Å². The lowest BCUT2D eigenvalue weighted by molar-refractivity contribution is 0.159. The number of piperidine rings is 1. The molecule has 0 aliphatic carbocycles. The molecule has 0 bridgehead atoms. The molecule has 21 heavy (non-hydrogen) atoms. The highest BCUT2D eigenvalue weighted by Gasteiger charge is 2.16. The molecule has 3 nitrogen and oxygen atoms in total. The highest BCUT2D eigenvalue weighted by molar-refractivity contribution is 5.77. The average Bonchev–Trinajstić information content (AvgIpc) is 2.91. The molecule has 1 aliphatic heterocycles. The van der Waals surface area contributed by atoms with Crippen molar-refractivity contribution in [2.24, 2.45) is 0 Å². The first-order valence-electron chi connectivity index (χ1n) is 8.25. The predicted molar refractivity (Wildman–Crippen MR) is 87.4 cm³/mol. The second kappa shape index (κ2) is 7.10. The summed E-state index contributed by atoms with van der Waals surface area (Å²) in [5.41, 5.74) is 0.983. The van der Waals surface area contributed by atoms with Gasteiger partial charge in [0.2, 0.25) is 0 Å². The van der Waals surface area contributed by atoms with Crippen molar-refractivity contribution < 1.29 is 4.42 Å². The van der Waals surface area contributed by atoms with Gasteiger partial charge in [0.15, 0.2) is 0 Å². The molecule has 1 aliphatic rings. The van der Waals surface area contributed by atoms with E-state index in [0.717, 1.165) is 30.5 Å². The van der Waals surface area contributed by atoms with Crippen molar-refractivity contribution in [2.75, 3.05) is 19.6 Å². The third-order valence-corrected chi connectivity index (χ3v) is 4.52. The Morgan fingerprint density at radius 3 is 3.05 bits per heavy atom. The van der Waals surface area contributed by atoms with E-state index in [-0.39, 0.29) is 0 Å². The summed E-state index contributed by atoms with van der Waals surface area (Å²) in [6.45, 7) is 6.74. The fourth-order valence-electron chi connectivity index (χ4n) is 3.23. The van der Waals surface area contributed by atoms with Crippen LogP contribution in [0.3, 0.4) is 0 Å². The minimum absolute atomic E-state index is 0.772. The minimum atomic E-state index is 0.772. The van der Waals surface area contributed by atoms with Gasteiger partial charge in [0, 0.05) is 11.4 Å². The van der Waals surface area contributed by atoms with E-state index >= 15 is 0 Å². The van der Waals surface area contributed by atoms with Gasteiger partial charge in [-0.3, -0.25) is 0 Å². The number of fused-ring (bicyclic) bond motifs is 1. The van der Waals surface area contributed by atoms with Crippen molar-refractivity contribution in [2.45, 2.75) is 45.2 Å². The summed E-state index contributed by atoms with van der Waals surface area (Å²) in [6.07, 6.45) is 5.36. The molecule has 2 heterocycles. The van der Waals surface area contributed by atoms with E-state index in [1.54, 1.807) is 0 Å². The molecule has 0 spiro atoms. The summed E-state index contributed by atoms with van der Waals surface area (Å²) < 4.78 is 5.81. The summed E-state index contributed by atoms with van der Waals surface area (Å²) in [5.74, 6) is 1.03. The second-order valence-electron chi connectivity index (χ2n) is 6.16. The zero-order valence-electron chi connectivity index (χ0n) is 13.0. The lowest BCUT2D eigenvalue weighted by atomic mass is 10.0. The Hall–Kier alpha value is -1.32. The van der Waals surface area contributed by atoms with Crippen molar-refractivity contribution in [3.8, 4) is 0 Å². The Bertz CT molecular complexity index is 530. The summed E-state index contributed by atoms with van der Waals surface area (Å²) in [7, 11) is 0. The molecule has 1 saturated heterocycles. The molecule has 114 valence electrons. The van der Waals surface area contributed by atoms with E-state index in [0.29, 0.717) is 0 Å².